The van der Waals surface area contributed by atoms with Gasteiger partial charge in [0.2, 0.25) is 0 Å². The Hall–Kier alpha value is -0.660. The summed E-state index contributed by atoms with van der Waals surface area (Å²) >= 11 is 0. The number of hydrogen-bond donors (Lipinski definition) is 0. The van der Waals surface area contributed by atoms with Crippen LogP contribution in [0, 0.1) is 0 Å². The first-order chi connectivity index (χ1) is 3.80. The third-order valence-corrected chi connectivity index (χ3v) is 1.28. The number of aliphatic imine (C=N–C) groups is 1. The molecule has 1 rings (SSSR count). The highest BCUT2D eigenvalue weighted by atomic mass is 16.1. The van der Waals surface area contributed by atoms with Gasteiger partial charge in [-0.3, -0.25) is 9.79 Å². The fourth-order valence-corrected chi connectivity index (χ4v) is 0.827. The van der Waals surface area contributed by atoms with Crippen LogP contribution in [-0.4, -0.2) is 18.0 Å². The minimum Gasteiger partial charge on any atom is -0.293 e. The third kappa shape index (κ3) is 0.941. The number of ketones is 1. The zero-order chi connectivity index (χ0) is 5.98. The summed E-state index contributed by atoms with van der Waals surface area (Å²) in [7, 11) is 0. The highest BCUT2D eigenvalue weighted by Gasteiger charge is 2.08. The lowest BCUT2D eigenvalue weighted by Gasteiger charge is -1.86. The van der Waals surface area contributed by atoms with E-state index in [-0.39, 0.29) is 5.78 Å². The van der Waals surface area contributed by atoms with E-state index < -0.39 is 0 Å². The van der Waals surface area contributed by atoms with Crippen LogP contribution in [0.2, 0.25) is 0 Å². The summed E-state index contributed by atoms with van der Waals surface area (Å²) in [6.45, 7) is 2.43. The molecule has 0 saturated heterocycles. The van der Waals surface area contributed by atoms with E-state index in [1.54, 1.807) is 6.92 Å². The Morgan fingerprint density at radius 2 is 2.50 bits per heavy atom. The molecule has 0 aliphatic carbocycles. The van der Waals surface area contributed by atoms with Crippen molar-refractivity contribution in [3.05, 3.63) is 0 Å². The third-order valence-electron chi connectivity index (χ3n) is 1.28. The van der Waals surface area contributed by atoms with Gasteiger partial charge in [0.1, 0.15) is 0 Å². The van der Waals surface area contributed by atoms with Gasteiger partial charge in [-0.1, -0.05) is 0 Å². The van der Waals surface area contributed by atoms with Crippen molar-refractivity contribution in [2.75, 3.05) is 6.54 Å². The Labute approximate surface area is 48.6 Å². The summed E-state index contributed by atoms with van der Waals surface area (Å²) in [5.41, 5.74) is 0.782. The number of rotatable bonds is 1. The van der Waals surface area contributed by atoms with Crippen molar-refractivity contribution in [3.8, 4) is 0 Å². The number of hydrogen-bond acceptors (Lipinski definition) is 2. The van der Waals surface area contributed by atoms with Crippen LogP contribution in [-0.2, 0) is 4.79 Å². The molecule has 8 heavy (non-hydrogen) atoms. The second-order valence-corrected chi connectivity index (χ2v) is 1.99. The van der Waals surface area contributed by atoms with Crippen molar-refractivity contribution < 1.29 is 4.79 Å². The zero-order valence-corrected chi connectivity index (χ0v) is 4.98. The second kappa shape index (κ2) is 2.07. The van der Waals surface area contributed by atoms with Crippen LogP contribution in [0.25, 0.3) is 0 Å². The first-order valence-electron chi connectivity index (χ1n) is 2.85. The Kier molecular flexibility index (Phi) is 1.42. The van der Waals surface area contributed by atoms with E-state index >= 15 is 0 Å². The van der Waals surface area contributed by atoms with Crippen LogP contribution in [0.4, 0.5) is 0 Å². The van der Waals surface area contributed by atoms with Gasteiger partial charge in [0.05, 0.1) is 5.71 Å². The van der Waals surface area contributed by atoms with Gasteiger partial charge >= 0.3 is 0 Å². The number of carbonyl (C=O) groups excluding carboxylic acids is 1. The van der Waals surface area contributed by atoms with Gasteiger partial charge in [-0.05, 0) is 12.8 Å². The monoisotopic (exact) mass is 111 g/mol. The highest BCUT2D eigenvalue weighted by Crippen LogP contribution is 2.03. The Morgan fingerprint density at radius 3 is 2.75 bits per heavy atom. The van der Waals surface area contributed by atoms with E-state index in [0.29, 0.717) is 0 Å². The van der Waals surface area contributed by atoms with Crippen molar-refractivity contribution in [2.24, 2.45) is 4.99 Å². The molecule has 0 N–H and O–H groups in total. The molecule has 0 atom stereocenters. The number of carbonyl (C=O) groups is 1. The van der Waals surface area contributed by atoms with Crippen LogP contribution >= 0.6 is 0 Å². The van der Waals surface area contributed by atoms with Crippen LogP contribution in [0.15, 0.2) is 4.99 Å². The van der Waals surface area contributed by atoms with Gasteiger partial charge in [0.15, 0.2) is 5.78 Å². The molecule has 0 unspecified atom stereocenters. The molecule has 0 radical (unpaired) electrons. The second-order valence-electron chi connectivity index (χ2n) is 1.99. The van der Waals surface area contributed by atoms with E-state index in [4.69, 9.17) is 0 Å². The van der Waals surface area contributed by atoms with Gasteiger partial charge in [0, 0.05) is 13.5 Å². The maximum atomic E-state index is 10.5. The Balaban J connectivity index is 2.57. The molecule has 0 spiro atoms. The van der Waals surface area contributed by atoms with Gasteiger partial charge in [-0.15, -0.1) is 0 Å². The molecule has 1 aliphatic rings. The average Bonchev–Trinajstić information content (AvgIpc) is 2.12. The average molecular weight is 111 g/mol. The van der Waals surface area contributed by atoms with E-state index in [1.807, 2.05) is 0 Å². The SMILES string of the molecule is CC(=O)C1=NCCC1. The molecule has 0 aromatic heterocycles. The molecular formula is C6H9NO. The van der Waals surface area contributed by atoms with Crippen LogP contribution in [0.3, 0.4) is 0 Å². The minimum atomic E-state index is 0.141. The highest BCUT2D eigenvalue weighted by molar-refractivity contribution is 6.39. The molecule has 0 fully saturated rings. The van der Waals surface area contributed by atoms with Crippen LogP contribution < -0.4 is 0 Å². The fourth-order valence-electron chi connectivity index (χ4n) is 0.827. The quantitative estimate of drug-likeness (QED) is 0.492. The summed E-state index contributed by atoms with van der Waals surface area (Å²) in [6.07, 6.45) is 1.96. The van der Waals surface area contributed by atoms with Crippen LogP contribution in [0.5, 0.6) is 0 Å². The summed E-state index contributed by atoms with van der Waals surface area (Å²) in [5.74, 6) is 0.141. The van der Waals surface area contributed by atoms with Crippen molar-refractivity contribution in [1.82, 2.24) is 0 Å². The Bertz CT molecular complexity index is 137. The molecule has 0 aromatic rings. The molecular weight excluding hydrogens is 102 g/mol. The van der Waals surface area contributed by atoms with Crippen LogP contribution in [0.1, 0.15) is 19.8 Å². The number of nitrogens with zero attached hydrogens (tertiary/aromatic N) is 1. The van der Waals surface area contributed by atoms with Crippen molar-refractivity contribution >= 4 is 11.5 Å². The predicted molar refractivity (Wildman–Crippen MR) is 32.2 cm³/mol. The molecule has 1 aliphatic heterocycles. The topological polar surface area (TPSA) is 29.4 Å². The lowest BCUT2D eigenvalue weighted by molar-refractivity contribution is -0.111. The smallest absolute Gasteiger partial charge is 0.173 e. The Morgan fingerprint density at radius 1 is 1.75 bits per heavy atom. The van der Waals surface area contributed by atoms with E-state index in [1.165, 1.54) is 0 Å². The normalized spacial score (nSPS) is 18.4. The maximum Gasteiger partial charge on any atom is 0.173 e. The standard InChI is InChI=1S/C6H9NO/c1-5(8)6-3-2-4-7-6/h2-4H2,1H3. The predicted octanol–water partition coefficient (Wildman–Crippen LogP) is 0.810. The molecule has 2 heteroatoms. The molecule has 0 saturated carbocycles. The van der Waals surface area contributed by atoms with Gasteiger partial charge in [-0.25, -0.2) is 0 Å². The lowest BCUT2D eigenvalue weighted by atomic mass is 10.2. The summed E-state index contributed by atoms with van der Waals surface area (Å²) < 4.78 is 0. The summed E-state index contributed by atoms with van der Waals surface area (Å²) in [5, 5.41) is 0. The van der Waals surface area contributed by atoms with E-state index in [2.05, 4.69) is 4.99 Å². The first kappa shape index (κ1) is 5.48. The van der Waals surface area contributed by atoms with Crippen molar-refractivity contribution in [3.63, 3.8) is 0 Å². The number of Topliss-reactive ketones (excluding diaryl/α,β-unsaturated/α-hetero) is 1. The van der Waals surface area contributed by atoms with E-state index in [0.717, 1.165) is 25.1 Å². The molecule has 0 bridgehead atoms. The zero-order valence-electron chi connectivity index (χ0n) is 4.98. The molecule has 0 aromatic carbocycles. The fraction of sp³-hybridized carbons (Fsp3) is 0.667. The molecule has 0 amide bonds. The summed E-state index contributed by atoms with van der Waals surface area (Å²) in [6, 6.07) is 0. The van der Waals surface area contributed by atoms with Crippen molar-refractivity contribution in [1.29, 1.82) is 0 Å². The first-order valence-corrected chi connectivity index (χ1v) is 2.85. The van der Waals surface area contributed by atoms with Crippen molar-refractivity contribution in [2.45, 2.75) is 19.8 Å². The lowest BCUT2D eigenvalue weighted by Crippen LogP contribution is -2.04. The van der Waals surface area contributed by atoms with E-state index in [9.17, 15) is 4.79 Å². The van der Waals surface area contributed by atoms with Gasteiger partial charge in [-0.2, -0.15) is 0 Å². The molecule has 1 heterocycles. The molecule has 2 nitrogen and oxygen atoms in total. The summed E-state index contributed by atoms with van der Waals surface area (Å²) in [4.78, 5) is 14.5. The van der Waals surface area contributed by atoms with Gasteiger partial charge < -0.3 is 0 Å². The van der Waals surface area contributed by atoms with Gasteiger partial charge in [0.25, 0.3) is 0 Å². The maximum absolute atomic E-state index is 10.5. The minimum absolute atomic E-state index is 0.141. The molecule has 44 valence electrons. The largest absolute Gasteiger partial charge is 0.293 e.